The minimum Gasteiger partial charge on any atom is -0.378 e. The van der Waals surface area contributed by atoms with Crippen molar-refractivity contribution in [3.8, 4) is 0 Å². The lowest BCUT2D eigenvalue weighted by molar-refractivity contribution is 0.122. The van der Waals surface area contributed by atoms with E-state index in [1.54, 1.807) is 30.3 Å². The number of hydrogen-bond donors (Lipinski definition) is 1. The summed E-state index contributed by atoms with van der Waals surface area (Å²) in [6.45, 7) is 5.20. The highest BCUT2D eigenvalue weighted by molar-refractivity contribution is 7.89. The first-order valence-corrected chi connectivity index (χ1v) is 10.3. The van der Waals surface area contributed by atoms with Crippen LogP contribution in [0.1, 0.15) is 18.9 Å². The molecule has 1 aliphatic rings. The monoisotopic (exact) mass is 372 g/mol. The zero-order chi connectivity index (χ0) is 18.4. The van der Waals surface area contributed by atoms with Crippen LogP contribution in [0.25, 0.3) is 5.70 Å². The average Bonchev–Trinajstić information content (AvgIpc) is 2.69. The Morgan fingerprint density at radius 2 is 1.73 bits per heavy atom. The molecular formula is C20H24N2O3S. The number of hydrogen-bond acceptors (Lipinski definition) is 4. The number of benzene rings is 2. The summed E-state index contributed by atoms with van der Waals surface area (Å²) in [4.78, 5) is 2.52. The number of ether oxygens (including phenoxy) is 1. The molecule has 26 heavy (non-hydrogen) atoms. The summed E-state index contributed by atoms with van der Waals surface area (Å²) < 4.78 is 33.4. The standard InChI is InChI=1S/C20H24N2O3S/c1-2-6-20(21-26(23,24)19-7-4-3-5-8-19)17-9-11-18(12-10-17)22-13-15-25-16-14-22/h3-12,21H,2,13-16H2,1H3/b20-6-. The van der Waals surface area contributed by atoms with E-state index in [1.807, 2.05) is 37.3 Å². The van der Waals surface area contributed by atoms with Crippen molar-refractivity contribution >= 4 is 21.4 Å². The van der Waals surface area contributed by atoms with E-state index >= 15 is 0 Å². The molecule has 6 heteroatoms. The van der Waals surface area contributed by atoms with Crippen LogP contribution in [0.5, 0.6) is 0 Å². The number of allylic oxidation sites excluding steroid dienone is 1. The molecule has 5 nitrogen and oxygen atoms in total. The molecule has 1 fully saturated rings. The highest BCUT2D eigenvalue weighted by Crippen LogP contribution is 2.22. The normalized spacial score (nSPS) is 15.7. The molecule has 0 saturated carbocycles. The van der Waals surface area contributed by atoms with E-state index < -0.39 is 10.0 Å². The molecule has 0 radical (unpaired) electrons. The van der Waals surface area contributed by atoms with Crippen molar-refractivity contribution in [1.82, 2.24) is 4.72 Å². The number of nitrogens with zero attached hydrogens (tertiary/aromatic N) is 1. The minimum absolute atomic E-state index is 0.256. The molecule has 0 atom stereocenters. The summed E-state index contributed by atoms with van der Waals surface area (Å²) in [5.74, 6) is 0. The first-order valence-electron chi connectivity index (χ1n) is 8.81. The SMILES string of the molecule is CC/C=C(\NS(=O)(=O)c1ccccc1)c1ccc(N2CCOCC2)cc1. The van der Waals surface area contributed by atoms with Gasteiger partial charge >= 0.3 is 0 Å². The van der Waals surface area contributed by atoms with Crippen molar-refractivity contribution in [2.75, 3.05) is 31.2 Å². The van der Waals surface area contributed by atoms with Gasteiger partial charge in [-0.25, -0.2) is 8.42 Å². The van der Waals surface area contributed by atoms with Gasteiger partial charge in [0, 0.05) is 18.8 Å². The van der Waals surface area contributed by atoms with Gasteiger partial charge in [0.15, 0.2) is 0 Å². The minimum atomic E-state index is -3.61. The molecule has 1 saturated heterocycles. The molecule has 1 heterocycles. The predicted octanol–water partition coefficient (Wildman–Crippen LogP) is 3.25. The van der Waals surface area contributed by atoms with E-state index in [2.05, 4.69) is 9.62 Å². The zero-order valence-corrected chi connectivity index (χ0v) is 15.7. The number of nitrogens with one attached hydrogen (secondary N) is 1. The zero-order valence-electron chi connectivity index (χ0n) is 14.9. The van der Waals surface area contributed by atoms with Gasteiger partial charge < -0.3 is 9.64 Å². The van der Waals surface area contributed by atoms with Gasteiger partial charge in [-0.15, -0.1) is 0 Å². The maximum absolute atomic E-state index is 12.6. The maximum Gasteiger partial charge on any atom is 0.261 e. The Morgan fingerprint density at radius 3 is 2.35 bits per heavy atom. The van der Waals surface area contributed by atoms with E-state index in [1.165, 1.54) is 0 Å². The van der Waals surface area contributed by atoms with Crippen molar-refractivity contribution in [1.29, 1.82) is 0 Å². The lowest BCUT2D eigenvalue weighted by Crippen LogP contribution is -2.36. The van der Waals surface area contributed by atoms with E-state index in [0.717, 1.165) is 44.0 Å². The van der Waals surface area contributed by atoms with Gasteiger partial charge in [-0.1, -0.05) is 43.3 Å². The Labute approximate surface area is 155 Å². The molecule has 2 aromatic rings. The molecule has 0 spiro atoms. The highest BCUT2D eigenvalue weighted by Gasteiger charge is 2.16. The van der Waals surface area contributed by atoms with Gasteiger partial charge in [0.1, 0.15) is 0 Å². The second-order valence-corrected chi connectivity index (χ2v) is 7.77. The summed E-state index contributed by atoms with van der Waals surface area (Å²) in [6, 6.07) is 16.4. The number of anilines is 1. The summed E-state index contributed by atoms with van der Waals surface area (Å²) in [5.41, 5.74) is 2.58. The third-order valence-electron chi connectivity index (χ3n) is 4.26. The number of sulfonamides is 1. The van der Waals surface area contributed by atoms with Crippen LogP contribution in [-0.4, -0.2) is 34.7 Å². The Kier molecular flexibility index (Phi) is 5.96. The third kappa shape index (κ3) is 4.45. The Hall–Kier alpha value is -2.31. The van der Waals surface area contributed by atoms with Crippen LogP contribution in [-0.2, 0) is 14.8 Å². The molecular weight excluding hydrogens is 348 g/mol. The van der Waals surface area contributed by atoms with E-state index in [0.29, 0.717) is 5.70 Å². The second-order valence-electron chi connectivity index (χ2n) is 6.09. The first kappa shape index (κ1) is 18.5. The molecule has 0 bridgehead atoms. The molecule has 0 aliphatic carbocycles. The lowest BCUT2D eigenvalue weighted by atomic mass is 10.1. The summed E-state index contributed by atoms with van der Waals surface area (Å²) in [6.07, 6.45) is 2.63. The summed E-state index contributed by atoms with van der Waals surface area (Å²) in [7, 11) is -3.61. The maximum atomic E-state index is 12.6. The Bertz CT molecular complexity index is 840. The van der Waals surface area contributed by atoms with E-state index in [4.69, 9.17) is 4.74 Å². The van der Waals surface area contributed by atoms with Crippen LogP contribution in [0.2, 0.25) is 0 Å². The van der Waals surface area contributed by atoms with Crippen molar-refractivity contribution in [2.45, 2.75) is 18.2 Å². The van der Waals surface area contributed by atoms with Gasteiger partial charge in [-0.05, 0) is 36.2 Å². The number of rotatable bonds is 6. The van der Waals surface area contributed by atoms with Crippen molar-refractivity contribution in [3.63, 3.8) is 0 Å². The average molecular weight is 372 g/mol. The summed E-state index contributed by atoms with van der Waals surface area (Å²) >= 11 is 0. The van der Waals surface area contributed by atoms with Gasteiger partial charge in [0.2, 0.25) is 0 Å². The van der Waals surface area contributed by atoms with Crippen molar-refractivity contribution in [3.05, 3.63) is 66.2 Å². The molecule has 1 N–H and O–H groups in total. The van der Waals surface area contributed by atoms with Crippen molar-refractivity contribution < 1.29 is 13.2 Å². The smallest absolute Gasteiger partial charge is 0.261 e. The summed E-state index contributed by atoms with van der Waals surface area (Å²) in [5, 5.41) is 0. The Morgan fingerprint density at radius 1 is 1.08 bits per heavy atom. The number of morpholine rings is 1. The largest absolute Gasteiger partial charge is 0.378 e. The van der Waals surface area contributed by atoms with Crippen LogP contribution >= 0.6 is 0 Å². The molecule has 138 valence electrons. The van der Waals surface area contributed by atoms with Crippen LogP contribution in [0.3, 0.4) is 0 Å². The second kappa shape index (κ2) is 8.38. The molecule has 0 aromatic heterocycles. The van der Waals surface area contributed by atoms with Gasteiger partial charge in [-0.3, -0.25) is 4.72 Å². The van der Waals surface area contributed by atoms with E-state index in [9.17, 15) is 8.42 Å². The van der Waals surface area contributed by atoms with E-state index in [-0.39, 0.29) is 4.90 Å². The fourth-order valence-corrected chi connectivity index (χ4v) is 4.02. The van der Waals surface area contributed by atoms with Gasteiger partial charge in [0.05, 0.1) is 23.8 Å². The van der Waals surface area contributed by atoms with Crippen LogP contribution in [0, 0.1) is 0 Å². The lowest BCUT2D eigenvalue weighted by Gasteiger charge is -2.29. The molecule has 0 unspecified atom stereocenters. The van der Waals surface area contributed by atoms with Gasteiger partial charge in [-0.2, -0.15) is 0 Å². The fraction of sp³-hybridized carbons (Fsp3) is 0.300. The Balaban J connectivity index is 1.81. The quantitative estimate of drug-likeness (QED) is 0.846. The fourth-order valence-electron chi connectivity index (χ4n) is 2.90. The topological polar surface area (TPSA) is 58.6 Å². The first-order chi connectivity index (χ1) is 12.6. The third-order valence-corrected chi connectivity index (χ3v) is 5.64. The molecule has 3 rings (SSSR count). The molecule has 1 aliphatic heterocycles. The highest BCUT2D eigenvalue weighted by atomic mass is 32.2. The van der Waals surface area contributed by atoms with Crippen LogP contribution < -0.4 is 9.62 Å². The van der Waals surface area contributed by atoms with Gasteiger partial charge in [0.25, 0.3) is 10.0 Å². The molecule has 2 aromatic carbocycles. The van der Waals surface area contributed by atoms with Crippen molar-refractivity contribution in [2.24, 2.45) is 0 Å². The molecule has 0 amide bonds. The predicted molar refractivity (Wildman–Crippen MR) is 105 cm³/mol. The van der Waals surface area contributed by atoms with Crippen LogP contribution in [0.4, 0.5) is 5.69 Å². The van der Waals surface area contributed by atoms with Crippen LogP contribution in [0.15, 0.2) is 65.6 Å².